The second-order valence-electron chi connectivity index (χ2n) is 9.20. The quantitative estimate of drug-likeness (QED) is 0.482. The van der Waals surface area contributed by atoms with Crippen LogP contribution in [0.1, 0.15) is 56.8 Å². The molecule has 7 nitrogen and oxygen atoms in total. The summed E-state index contributed by atoms with van der Waals surface area (Å²) in [6.45, 7) is 6.29. The van der Waals surface area contributed by atoms with Gasteiger partial charge in [-0.15, -0.1) is 0 Å². The summed E-state index contributed by atoms with van der Waals surface area (Å²) in [7, 11) is 0. The van der Waals surface area contributed by atoms with Gasteiger partial charge in [0.05, 0.1) is 5.97 Å². The third kappa shape index (κ3) is 3.43. The maximum absolute atomic E-state index is 11.0. The van der Waals surface area contributed by atoms with Crippen molar-refractivity contribution in [3.8, 4) is 5.75 Å². The summed E-state index contributed by atoms with van der Waals surface area (Å²) in [5.41, 5.74) is -0.507. The molecule has 4 aliphatic heterocycles. The number of aromatic carboxylic acids is 1. The summed E-state index contributed by atoms with van der Waals surface area (Å²) in [6, 6.07) is 6.19. The molecule has 0 N–H and O–H groups in total. The van der Waals surface area contributed by atoms with Crippen LogP contribution in [0, 0.1) is 23.7 Å². The number of ether oxygens (including phenoxy) is 3. The third-order valence-electron chi connectivity index (χ3n) is 7.44. The summed E-state index contributed by atoms with van der Waals surface area (Å²) < 4.78 is 18.8. The molecule has 4 saturated heterocycles. The molecule has 0 radical (unpaired) electrons. The van der Waals surface area contributed by atoms with E-state index in [4.69, 9.17) is 24.0 Å². The minimum Gasteiger partial charge on any atom is -0.545 e. The molecule has 8 heteroatoms. The Bertz CT molecular complexity index is 801. The van der Waals surface area contributed by atoms with Gasteiger partial charge in [-0.25, -0.2) is 9.78 Å². The van der Waals surface area contributed by atoms with E-state index < -0.39 is 29.9 Å². The summed E-state index contributed by atoms with van der Waals surface area (Å²) in [6.07, 6.45) is 2.78. The number of hydrogen-bond acceptors (Lipinski definition) is 7. The van der Waals surface area contributed by atoms with Gasteiger partial charge in [-0.05, 0) is 67.9 Å². The van der Waals surface area contributed by atoms with Crippen molar-refractivity contribution >= 4 is 5.97 Å². The molecule has 1 aromatic carbocycles. The van der Waals surface area contributed by atoms with Gasteiger partial charge in [0.25, 0.3) is 0 Å². The monoisotopic (exact) mass is 426 g/mol. The Hall–Kier alpha value is -0.670. The van der Waals surface area contributed by atoms with Crippen molar-refractivity contribution in [2.45, 2.75) is 70.4 Å². The van der Waals surface area contributed by atoms with Crippen molar-refractivity contribution < 1.29 is 63.4 Å². The molecule has 0 aromatic heterocycles. The molecule has 2 bridgehead atoms. The van der Waals surface area contributed by atoms with Crippen LogP contribution in [0.3, 0.4) is 0 Å². The second kappa shape index (κ2) is 8.03. The molecule has 0 amide bonds. The zero-order chi connectivity index (χ0) is 20.4. The SMILES string of the molecule is C[C@H]1C(Oc2ccc(C(=O)[O-])cc2)O[C@@H]2O[C@]3(C)CC[C@H]4[C@H](C)CCC1C24OO3.[Na+]. The fourth-order valence-electron chi connectivity index (χ4n) is 5.81. The zero-order valence-electron chi connectivity index (χ0n) is 18.0. The molecule has 5 aliphatic rings. The minimum absolute atomic E-state index is 0. The summed E-state index contributed by atoms with van der Waals surface area (Å²) in [5.74, 6) is -0.441. The number of hydrogen-bond donors (Lipinski definition) is 0. The predicted molar refractivity (Wildman–Crippen MR) is 98.2 cm³/mol. The van der Waals surface area contributed by atoms with Crippen LogP contribution in [0.25, 0.3) is 0 Å². The Morgan fingerprint density at radius 1 is 1.10 bits per heavy atom. The summed E-state index contributed by atoms with van der Waals surface area (Å²) >= 11 is 0. The number of carboxylic acids is 1. The van der Waals surface area contributed by atoms with Crippen LogP contribution >= 0.6 is 0 Å². The van der Waals surface area contributed by atoms with Crippen molar-refractivity contribution in [1.29, 1.82) is 0 Å². The van der Waals surface area contributed by atoms with Gasteiger partial charge in [-0.2, -0.15) is 0 Å². The van der Waals surface area contributed by atoms with Gasteiger partial charge in [-0.3, -0.25) is 0 Å². The van der Waals surface area contributed by atoms with E-state index in [-0.39, 0.29) is 47.0 Å². The predicted octanol–water partition coefficient (Wildman–Crippen LogP) is -0.359. The van der Waals surface area contributed by atoms with Gasteiger partial charge in [-0.1, -0.05) is 13.8 Å². The van der Waals surface area contributed by atoms with E-state index in [0.717, 1.165) is 25.7 Å². The van der Waals surface area contributed by atoms with Crippen molar-refractivity contribution in [3.05, 3.63) is 29.8 Å². The van der Waals surface area contributed by atoms with Crippen molar-refractivity contribution in [3.63, 3.8) is 0 Å². The maximum atomic E-state index is 11.0. The van der Waals surface area contributed by atoms with Crippen LogP contribution in [0.15, 0.2) is 24.3 Å². The Balaban J connectivity index is 0.00000218. The molecule has 30 heavy (non-hydrogen) atoms. The van der Waals surface area contributed by atoms with Crippen LogP contribution in [0.4, 0.5) is 0 Å². The standard InChI is InChI=1S/C22H28O7.Na/c1-12-4-9-17-13(2)19(25-15-7-5-14(6-8-15)18(23)24)26-20-22(17)16(12)10-11-21(3,27-20)28-29-22;/h5-8,12-13,16-17,19-20H,4,9-11H2,1-3H3,(H,23,24);/q;+1/p-1/t12-,13-,16+,17?,19?,20-,21+,22?;/m1./s1. The van der Waals surface area contributed by atoms with Gasteiger partial charge >= 0.3 is 29.6 Å². The Morgan fingerprint density at radius 3 is 2.53 bits per heavy atom. The van der Waals surface area contributed by atoms with Gasteiger partial charge < -0.3 is 24.1 Å². The van der Waals surface area contributed by atoms with Gasteiger partial charge in [0.15, 0.2) is 11.9 Å². The van der Waals surface area contributed by atoms with Crippen LogP contribution in [0.5, 0.6) is 5.75 Å². The molecule has 5 fully saturated rings. The first kappa shape index (κ1) is 22.5. The van der Waals surface area contributed by atoms with Crippen LogP contribution in [-0.2, 0) is 19.2 Å². The normalized spacial score (nSPS) is 44.4. The number of carboxylic acid groups (broad SMARTS) is 1. The smallest absolute Gasteiger partial charge is 0.545 e. The Morgan fingerprint density at radius 2 is 1.83 bits per heavy atom. The third-order valence-corrected chi connectivity index (χ3v) is 7.44. The Labute approximate surface area is 198 Å². The van der Waals surface area contributed by atoms with E-state index in [9.17, 15) is 9.90 Å². The average molecular weight is 426 g/mol. The maximum Gasteiger partial charge on any atom is 1.00 e. The van der Waals surface area contributed by atoms with Crippen LogP contribution < -0.4 is 39.4 Å². The number of carbonyl (C=O) groups is 1. The van der Waals surface area contributed by atoms with Crippen LogP contribution in [0.2, 0.25) is 0 Å². The molecular formula is C22H27NaO7. The first-order valence-electron chi connectivity index (χ1n) is 10.5. The molecule has 4 heterocycles. The van der Waals surface area contributed by atoms with Crippen molar-refractivity contribution in [2.75, 3.05) is 0 Å². The van der Waals surface area contributed by atoms with E-state index >= 15 is 0 Å². The molecule has 8 atom stereocenters. The first-order valence-corrected chi connectivity index (χ1v) is 10.5. The van der Waals surface area contributed by atoms with Gasteiger partial charge in [0.1, 0.15) is 5.75 Å². The minimum atomic E-state index is -1.21. The fraction of sp³-hybridized carbons (Fsp3) is 0.682. The average Bonchev–Trinajstić information content (AvgIpc) is 2.92. The fourth-order valence-corrected chi connectivity index (χ4v) is 5.81. The number of benzene rings is 1. The van der Waals surface area contributed by atoms with E-state index in [0.29, 0.717) is 17.6 Å². The van der Waals surface area contributed by atoms with E-state index in [1.54, 1.807) is 12.1 Å². The van der Waals surface area contributed by atoms with Gasteiger partial charge in [0, 0.05) is 18.3 Å². The number of fused-ring (bicyclic) bond motifs is 2. The topological polar surface area (TPSA) is 86.3 Å². The molecule has 3 unspecified atom stereocenters. The van der Waals surface area contributed by atoms with E-state index in [1.807, 2.05) is 6.92 Å². The molecule has 1 aromatic rings. The summed E-state index contributed by atoms with van der Waals surface area (Å²) in [4.78, 5) is 22.9. The molecule has 1 spiro atoms. The molecular weight excluding hydrogens is 399 g/mol. The van der Waals surface area contributed by atoms with Gasteiger partial charge in [0.2, 0.25) is 12.1 Å². The van der Waals surface area contributed by atoms with Crippen LogP contribution in [-0.4, -0.2) is 29.9 Å². The largest absolute Gasteiger partial charge is 1.00 e. The molecule has 1 aliphatic carbocycles. The van der Waals surface area contributed by atoms with Crippen molar-refractivity contribution in [1.82, 2.24) is 0 Å². The first-order chi connectivity index (χ1) is 13.8. The summed E-state index contributed by atoms with van der Waals surface area (Å²) in [5, 5.41) is 11.0. The van der Waals surface area contributed by atoms with Crippen molar-refractivity contribution in [2.24, 2.45) is 23.7 Å². The Kier molecular flexibility index (Phi) is 6.03. The molecule has 1 saturated carbocycles. The number of carbonyl (C=O) groups excluding carboxylic acids is 1. The molecule has 158 valence electrons. The molecule has 6 rings (SSSR count). The van der Waals surface area contributed by atoms with E-state index in [1.165, 1.54) is 12.1 Å². The zero-order valence-corrected chi connectivity index (χ0v) is 20.0. The van der Waals surface area contributed by atoms with E-state index in [2.05, 4.69) is 13.8 Å². The number of rotatable bonds is 3. The second-order valence-corrected chi connectivity index (χ2v) is 9.20.